The first-order valence-electron chi connectivity index (χ1n) is 9.52. The molecule has 0 aromatic heterocycles. The van der Waals surface area contributed by atoms with Crippen LogP contribution in [0.1, 0.15) is 48.4 Å². The Morgan fingerprint density at radius 1 is 1.12 bits per heavy atom. The van der Waals surface area contributed by atoms with Crippen LogP contribution in [0.3, 0.4) is 0 Å². The Morgan fingerprint density at radius 3 is 2.54 bits per heavy atom. The lowest BCUT2D eigenvalue weighted by atomic mass is 9.87. The van der Waals surface area contributed by atoms with Crippen molar-refractivity contribution in [2.75, 3.05) is 0 Å². The molecule has 1 aliphatic rings. The molecular formula is C22H28N2O2. The number of hydrogen-bond acceptors (Lipinski definition) is 3. The fourth-order valence-corrected chi connectivity index (χ4v) is 3.62. The number of amides is 1. The van der Waals surface area contributed by atoms with Gasteiger partial charge in [-0.15, -0.1) is 0 Å². The molecule has 138 valence electrons. The Morgan fingerprint density at radius 2 is 1.85 bits per heavy atom. The summed E-state index contributed by atoms with van der Waals surface area (Å²) in [7, 11) is 0. The summed E-state index contributed by atoms with van der Waals surface area (Å²) in [5.74, 6) is 0.707. The zero-order valence-corrected chi connectivity index (χ0v) is 15.5. The fourth-order valence-electron chi connectivity index (χ4n) is 3.62. The minimum Gasteiger partial charge on any atom is -0.489 e. The van der Waals surface area contributed by atoms with Crippen LogP contribution in [-0.4, -0.2) is 11.9 Å². The quantitative estimate of drug-likeness (QED) is 0.764. The second-order valence-electron chi connectivity index (χ2n) is 6.91. The molecule has 0 radical (unpaired) electrons. The van der Waals surface area contributed by atoms with Crippen molar-refractivity contribution in [3.63, 3.8) is 0 Å². The van der Waals surface area contributed by atoms with Crippen LogP contribution in [-0.2, 0) is 30.8 Å². The van der Waals surface area contributed by atoms with Gasteiger partial charge in [-0.25, -0.2) is 0 Å². The molecular weight excluding hydrogens is 324 g/mol. The third-order valence-electron chi connectivity index (χ3n) is 5.12. The molecule has 0 fully saturated rings. The summed E-state index contributed by atoms with van der Waals surface area (Å²) >= 11 is 0. The molecule has 0 unspecified atom stereocenters. The smallest absolute Gasteiger partial charge is 0.234 e. The largest absolute Gasteiger partial charge is 0.489 e. The van der Waals surface area contributed by atoms with Gasteiger partial charge in [0.1, 0.15) is 12.4 Å². The lowest BCUT2D eigenvalue weighted by molar-refractivity contribution is -0.120. The molecule has 0 heterocycles. The average molecular weight is 352 g/mol. The summed E-state index contributed by atoms with van der Waals surface area (Å²) in [6.45, 7) is 3.23. The molecule has 1 amide bonds. The predicted octanol–water partition coefficient (Wildman–Crippen LogP) is 3.50. The summed E-state index contributed by atoms with van der Waals surface area (Å²) in [4.78, 5) is 11.5. The Bertz CT molecular complexity index is 743. The van der Waals surface area contributed by atoms with Gasteiger partial charge in [-0.2, -0.15) is 0 Å². The van der Waals surface area contributed by atoms with Gasteiger partial charge in [-0.1, -0.05) is 43.3 Å². The van der Waals surface area contributed by atoms with Crippen LogP contribution in [0.2, 0.25) is 0 Å². The van der Waals surface area contributed by atoms with Gasteiger partial charge in [0.05, 0.1) is 6.04 Å². The number of carbonyl (C=O) groups is 1. The number of nitrogens with one attached hydrogen (secondary N) is 1. The summed E-state index contributed by atoms with van der Waals surface area (Å²) in [6, 6.07) is 14.2. The highest BCUT2D eigenvalue weighted by molar-refractivity contribution is 5.79. The van der Waals surface area contributed by atoms with Gasteiger partial charge in [0.15, 0.2) is 0 Å². The first-order valence-corrected chi connectivity index (χ1v) is 9.52. The van der Waals surface area contributed by atoms with E-state index in [4.69, 9.17) is 10.5 Å². The molecule has 4 heteroatoms. The molecule has 2 aromatic carbocycles. The van der Waals surface area contributed by atoms with E-state index in [0.29, 0.717) is 19.6 Å². The van der Waals surface area contributed by atoms with Gasteiger partial charge in [0, 0.05) is 6.54 Å². The highest BCUT2D eigenvalue weighted by atomic mass is 16.5. The molecule has 1 aliphatic carbocycles. The maximum atomic E-state index is 11.5. The zero-order valence-electron chi connectivity index (χ0n) is 15.5. The molecule has 26 heavy (non-hydrogen) atoms. The van der Waals surface area contributed by atoms with E-state index in [1.165, 1.54) is 35.1 Å². The van der Waals surface area contributed by atoms with E-state index < -0.39 is 0 Å². The highest BCUT2D eigenvalue weighted by Crippen LogP contribution is 2.33. The molecule has 3 N–H and O–H groups in total. The van der Waals surface area contributed by atoms with Gasteiger partial charge in [-0.05, 0) is 60.4 Å². The van der Waals surface area contributed by atoms with Crippen molar-refractivity contribution in [2.45, 2.75) is 58.2 Å². The number of hydrogen-bond donors (Lipinski definition) is 2. The Balaban J connectivity index is 1.75. The van der Waals surface area contributed by atoms with Crippen LogP contribution >= 0.6 is 0 Å². The molecule has 0 bridgehead atoms. The van der Waals surface area contributed by atoms with E-state index in [-0.39, 0.29) is 11.9 Å². The highest BCUT2D eigenvalue weighted by Gasteiger charge is 2.19. The van der Waals surface area contributed by atoms with Gasteiger partial charge < -0.3 is 15.8 Å². The second kappa shape index (κ2) is 8.86. The van der Waals surface area contributed by atoms with Gasteiger partial charge in [0.2, 0.25) is 5.91 Å². The van der Waals surface area contributed by atoms with Crippen LogP contribution < -0.4 is 15.8 Å². The van der Waals surface area contributed by atoms with Crippen molar-refractivity contribution in [2.24, 2.45) is 5.73 Å². The molecule has 4 nitrogen and oxygen atoms in total. The summed E-state index contributed by atoms with van der Waals surface area (Å²) in [5, 5.41) is 3.30. The van der Waals surface area contributed by atoms with Crippen LogP contribution in [0.5, 0.6) is 5.75 Å². The van der Waals surface area contributed by atoms with Crippen molar-refractivity contribution < 1.29 is 9.53 Å². The maximum absolute atomic E-state index is 11.5. The Kier molecular flexibility index (Phi) is 6.29. The first kappa shape index (κ1) is 18.5. The standard InChI is InChI=1S/C22H28N2O2/c1-2-20(22(23)25)24-14-17-12-13-21(19-11-7-6-10-18(17)19)26-15-16-8-4-3-5-9-16/h3-5,8-9,12-13,20,24H,2,6-7,10-11,14-15H2,1H3,(H2,23,25)/t20-/m0/s1. The topological polar surface area (TPSA) is 64.3 Å². The van der Waals surface area contributed by atoms with Crippen LogP contribution in [0.15, 0.2) is 42.5 Å². The average Bonchev–Trinajstić information content (AvgIpc) is 2.68. The van der Waals surface area contributed by atoms with Gasteiger partial charge in [0.25, 0.3) is 0 Å². The van der Waals surface area contributed by atoms with Crippen LogP contribution in [0.25, 0.3) is 0 Å². The van der Waals surface area contributed by atoms with Crippen molar-refractivity contribution in [3.8, 4) is 5.75 Å². The van der Waals surface area contributed by atoms with E-state index >= 15 is 0 Å². The number of rotatable bonds is 8. The second-order valence-corrected chi connectivity index (χ2v) is 6.91. The number of nitrogens with two attached hydrogens (primary N) is 1. The summed E-state index contributed by atoms with van der Waals surface area (Å²) in [5.41, 5.74) is 10.6. The SMILES string of the molecule is CC[C@H](NCc1ccc(OCc2ccccc2)c2c1CCCC2)C(N)=O. The summed E-state index contributed by atoms with van der Waals surface area (Å²) < 4.78 is 6.14. The van der Waals surface area contributed by atoms with Crippen molar-refractivity contribution in [3.05, 3.63) is 64.7 Å². The molecule has 0 saturated heterocycles. The molecule has 3 rings (SSSR count). The van der Waals surface area contributed by atoms with Crippen LogP contribution in [0, 0.1) is 0 Å². The molecule has 2 aromatic rings. The minimum atomic E-state index is -0.288. The van der Waals surface area contributed by atoms with E-state index in [2.05, 4.69) is 29.6 Å². The fraction of sp³-hybridized carbons (Fsp3) is 0.409. The summed E-state index contributed by atoms with van der Waals surface area (Å²) in [6.07, 6.45) is 5.23. The number of fused-ring (bicyclic) bond motifs is 1. The third kappa shape index (κ3) is 4.44. The Hall–Kier alpha value is -2.33. The normalized spacial score (nSPS) is 14.5. The number of carbonyl (C=O) groups excluding carboxylic acids is 1. The monoisotopic (exact) mass is 352 g/mol. The minimum absolute atomic E-state index is 0.275. The zero-order chi connectivity index (χ0) is 18.4. The lowest BCUT2D eigenvalue weighted by Crippen LogP contribution is -2.40. The molecule has 0 spiro atoms. The van der Waals surface area contributed by atoms with E-state index in [1.54, 1.807) is 0 Å². The van der Waals surface area contributed by atoms with Gasteiger partial charge >= 0.3 is 0 Å². The predicted molar refractivity (Wildman–Crippen MR) is 104 cm³/mol. The van der Waals surface area contributed by atoms with Crippen molar-refractivity contribution >= 4 is 5.91 Å². The van der Waals surface area contributed by atoms with E-state index in [1.807, 2.05) is 25.1 Å². The van der Waals surface area contributed by atoms with Crippen molar-refractivity contribution in [1.82, 2.24) is 5.32 Å². The first-order chi connectivity index (χ1) is 12.7. The molecule has 0 saturated carbocycles. The third-order valence-corrected chi connectivity index (χ3v) is 5.12. The van der Waals surface area contributed by atoms with Crippen molar-refractivity contribution in [1.29, 1.82) is 0 Å². The number of primary amides is 1. The molecule has 0 aliphatic heterocycles. The van der Waals surface area contributed by atoms with E-state index in [9.17, 15) is 4.79 Å². The number of ether oxygens (including phenoxy) is 1. The van der Waals surface area contributed by atoms with Crippen LogP contribution in [0.4, 0.5) is 0 Å². The lowest BCUT2D eigenvalue weighted by Gasteiger charge is -2.24. The van der Waals surface area contributed by atoms with E-state index in [0.717, 1.165) is 18.6 Å². The maximum Gasteiger partial charge on any atom is 0.234 e. The van der Waals surface area contributed by atoms with Gasteiger partial charge in [-0.3, -0.25) is 4.79 Å². The Labute approximate surface area is 155 Å². The molecule has 1 atom stereocenters. The number of benzene rings is 2.